The van der Waals surface area contributed by atoms with Crippen molar-refractivity contribution in [3.05, 3.63) is 109 Å². The molecule has 69 heavy (non-hydrogen) atoms. The number of ether oxygens (including phenoxy) is 3. The summed E-state index contributed by atoms with van der Waals surface area (Å²) in [5.41, 5.74) is 0. The first kappa shape index (κ1) is 65.1. The second-order valence-corrected chi connectivity index (χ2v) is 18.5. The normalized spacial score (nSPS) is 12.9. The summed E-state index contributed by atoms with van der Waals surface area (Å²) in [5, 5.41) is 0. The molecule has 0 aromatic heterocycles. The van der Waals surface area contributed by atoms with Crippen LogP contribution in [0, 0.1) is 0 Å². The van der Waals surface area contributed by atoms with Crippen LogP contribution in [0.1, 0.15) is 252 Å². The minimum Gasteiger partial charge on any atom is -0.462 e. The topological polar surface area (TPSA) is 78.9 Å². The first-order valence-corrected chi connectivity index (χ1v) is 28.4. The maximum Gasteiger partial charge on any atom is 0.306 e. The highest BCUT2D eigenvalue weighted by molar-refractivity contribution is 5.71. The number of rotatable bonds is 50. The standard InChI is InChI=1S/C63H104O6/c1-4-7-10-13-16-19-22-25-28-30-31-33-36-39-42-45-48-51-54-57-63(66)69-60(58-67-61(64)55-52-49-46-43-40-37-34-27-24-21-18-15-12-9-6-3)59-68-62(65)56-53-50-47-44-41-38-35-32-29-26-23-20-17-14-11-8-5-2/h7,10,16-17,19-20,25-26,28-29,31,33,35,38-39,42,48,51,60H,4-6,8-9,11-15,18,21-24,27,30,32,34,36-37,40-41,43-47,49-50,52-59H2,1-3H3/b10-7-,19-16-,20-17-,28-25-,29-26-,33-31-,38-35-,42-39-,51-48-/t60-/m0/s1. The van der Waals surface area contributed by atoms with E-state index in [4.69, 9.17) is 14.2 Å². The van der Waals surface area contributed by atoms with E-state index in [0.29, 0.717) is 19.3 Å². The van der Waals surface area contributed by atoms with Gasteiger partial charge in [0.05, 0.1) is 0 Å². The van der Waals surface area contributed by atoms with E-state index in [1.807, 2.05) is 12.2 Å². The minimum atomic E-state index is -0.828. The summed E-state index contributed by atoms with van der Waals surface area (Å²) in [6, 6.07) is 0. The predicted molar refractivity (Wildman–Crippen MR) is 297 cm³/mol. The van der Waals surface area contributed by atoms with E-state index in [2.05, 4.69) is 118 Å². The summed E-state index contributed by atoms with van der Waals surface area (Å²) >= 11 is 0. The molecule has 0 saturated heterocycles. The molecule has 0 aliphatic carbocycles. The van der Waals surface area contributed by atoms with Gasteiger partial charge in [-0.2, -0.15) is 0 Å². The Morgan fingerprint density at radius 1 is 0.304 bits per heavy atom. The van der Waals surface area contributed by atoms with Gasteiger partial charge in [-0.15, -0.1) is 0 Å². The fourth-order valence-corrected chi connectivity index (χ4v) is 7.53. The lowest BCUT2D eigenvalue weighted by Gasteiger charge is -2.18. The van der Waals surface area contributed by atoms with Crippen molar-refractivity contribution in [1.29, 1.82) is 0 Å². The maximum atomic E-state index is 12.8. The molecule has 0 rings (SSSR count). The van der Waals surface area contributed by atoms with Crippen molar-refractivity contribution in [1.82, 2.24) is 0 Å². The third kappa shape index (κ3) is 54.9. The van der Waals surface area contributed by atoms with Crippen LogP contribution in [-0.4, -0.2) is 37.2 Å². The smallest absolute Gasteiger partial charge is 0.306 e. The number of hydrogen-bond acceptors (Lipinski definition) is 6. The predicted octanol–water partition coefficient (Wildman–Crippen LogP) is 19.1. The van der Waals surface area contributed by atoms with E-state index in [1.54, 1.807) is 0 Å². The number of esters is 3. The van der Waals surface area contributed by atoms with E-state index >= 15 is 0 Å². The monoisotopic (exact) mass is 957 g/mol. The summed E-state index contributed by atoms with van der Waals surface area (Å²) < 4.78 is 16.8. The lowest BCUT2D eigenvalue weighted by atomic mass is 10.0. The Kier molecular flexibility index (Phi) is 53.4. The highest BCUT2D eigenvalue weighted by atomic mass is 16.6. The van der Waals surface area contributed by atoms with Crippen LogP contribution in [0.2, 0.25) is 0 Å². The van der Waals surface area contributed by atoms with E-state index in [1.165, 1.54) is 103 Å². The van der Waals surface area contributed by atoms with Crippen LogP contribution in [0.3, 0.4) is 0 Å². The van der Waals surface area contributed by atoms with Crippen molar-refractivity contribution in [2.45, 2.75) is 258 Å². The Morgan fingerprint density at radius 3 is 0.971 bits per heavy atom. The Balaban J connectivity index is 4.55. The molecule has 0 amide bonds. The van der Waals surface area contributed by atoms with Crippen LogP contribution in [0.25, 0.3) is 0 Å². The molecule has 1 atom stereocenters. The van der Waals surface area contributed by atoms with E-state index < -0.39 is 12.1 Å². The maximum absolute atomic E-state index is 12.8. The van der Waals surface area contributed by atoms with Crippen LogP contribution in [0.5, 0.6) is 0 Å². The van der Waals surface area contributed by atoms with Gasteiger partial charge in [-0.1, -0.05) is 246 Å². The van der Waals surface area contributed by atoms with E-state index in [-0.39, 0.29) is 31.6 Å². The van der Waals surface area contributed by atoms with Crippen LogP contribution in [-0.2, 0) is 28.6 Å². The van der Waals surface area contributed by atoms with Gasteiger partial charge in [0.2, 0.25) is 0 Å². The number of unbranched alkanes of at least 4 members (excludes halogenated alkanes) is 21. The van der Waals surface area contributed by atoms with Gasteiger partial charge in [0.15, 0.2) is 6.10 Å². The van der Waals surface area contributed by atoms with Crippen molar-refractivity contribution in [2.75, 3.05) is 13.2 Å². The molecule has 6 heteroatoms. The second-order valence-electron chi connectivity index (χ2n) is 18.5. The lowest BCUT2D eigenvalue weighted by molar-refractivity contribution is -0.166. The molecule has 0 aromatic rings. The molecule has 0 spiro atoms. The van der Waals surface area contributed by atoms with Crippen molar-refractivity contribution in [2.24, 2.45) is 0 Å². The Morgan fingerprint density at radius 2 is 0.594 bits per heavy atom. The SMILES string of the molecule is CC/C=C\C/C=C\C/C=C\C/C=C\C/C=C\C/C=C\CCC(=O)O[C@H](COC(=O)CCCCCC/C=C\C/C=C\C/C=C\CCCCC)COC(=O)CCCCCCCCCCCCCCCCC. The fraction of sp³-hybridized carbons (Fsp3) is 0.667. The van der Waals surface area contributed by atoms with Gasteiger partial charge in [0.25, 0.3) is 0 Å². The molecule has 0 aliphatic heterocycles. The zero-order valence-corrected chi connectivity index (χ0v) is 44.8. The van der Waals surface area contributed by atoms with E-state index in [0.717, 1.165) is 103 Å². The summed E-state index contributed by atoms with van der Waals surface area (Å²) in [6.45, 7) is 6.42. The highest BCUT2D eigenvalue weighted by Gasteiger charge is 2.19. The van der Waals surface area contributed by atoms with Gasteiger partial charge >= 0.3 is 17.9 Å². The molecule has 0 fully saturated rings. The van der Waals surface area contributed by atoms with E-state index in [9.17, 15) is 14.4 Å². The van der Waals surface area contributed by atoms with Gasteiger partial charge in [-0.05, 0) is 96.3 Å². The molecule has 392 valence electrons. The fourth-order valence-electron chi connectivity index (χ4n) is 7.53. The van der Waals surface area contributed by atoms with Crippen molar-refractivity contribution < 1.29 is 28.6 Å². The van der Waals surface area contributed by atoms with Crippen LogP contribution < -0.4 is 0 Å². The molecular weight excluding hydrogens is 853 g/mol. The average molecular weight is 958 g/mol. The van der Waals surface area contributed by atoms with Gasteiger partial charge in [-0.25, -0.2) is 0 Å². The summed E-state index contributed by atoms with van der Waals surface area (Å²) in [5.74, 6) is -1.02. The molecule has 0 aromatic carbocycles. The van der Waals surface area contributed by atoms with Crippen molar-refractivity contribution in [3.8, 4) is 0 Å². The Hall–Kier alpha value is -3.93. The number of carbonyl (C=O) groups excluding carboxylic acids is 3. The van der Waals surface area contributed by atoms with Crippen molar-refractivity contribution in [3.63, 3.8) is 0 Å². The molecule has 0 heterocycles. The Labute approximate surface area is 425 Å². The van der Waals surface area contributed by atoms with Crippen LogP contribution in [0.4, 0.5) is 0 Å². The van der Waals surface area contributed by atoms with Crippen molar-refractivity contribution >= 4 is 17.9 Å². The molecule has 0 aliphatic rings. The summed E-state index contributed by atoms with van der Waals surface area (Å²) in [6.07, 6.45) is 76.6. The number of hydrogen-bond donors (Lipinski definition) is 0. The minimum absolute atomic E-state index is 0.115. The van der Waals surface area contributed by atoms with Crippen LogP contribution >= 0.6 is 0 Å². The zero-order valence-electron chi connectivity index (χ0n) is 44.8. The zero-order chi connectivity index (χ0) is 50.0. The molecule has 0 unspecified atom stereocenters. The third-order valence-corrected chi connectivity index (χ3v) is 11.8. The van der Waals surface area contributed by atoms with Gasteiger partial charge in [0.1, 0.15) is 13.2 Å². The second kappa shape index (κ2) is 56.7. The van der Waals surface area contributed by atoms with Crippen LogP contribution in [0.15, 0.2) is 109 Å². The molecule has 0 bridgehead atoms. The molecule has 0 radical (unpaired) electrons. The highest BCUT2D eigenvalue weighted by Crippen LogP contribution is 2.15. The largest absolute Gasteiger partial charge is 0.462 e. The Bertz CT molecular complexity index is 1420. The lowest BCUT2D eigenvalue weighted by Crippen LogP contribution is -2.30. The summed E-state index contributed by atoms with van der Waals surface area (Å²) in [7, 11) is 0. The third-order valence-electron chi connectivity index (χ3n) is 11.8. The average Bonchev–Trinajstić information content (AvgIpc) is 3.35. The van der Waals surface area contributed by atoms with Gasteiger partial charge in [-0.3, -0.25) is 14.4 Å². The first-order chi connectivity index (χ1) is 34.0. The first-order valence-electron chi connectivity index (χ1n) is 28.4. The van der Waals surface area contributed by atoms with Gasteiger partial charge in [0, 0.05) is 19.3 Å². The number of carbonyl (C=O) groups is 3. The molecule has 0 N–H and O–H groups in total. The quantitative estimate of drug-likeness (QED) is 0.0262. The molecule has 6 nitrogen and oxygen atoms in total. The number of allylic oxidation sites excluding steroid dienone is 18. The molecule has 0 saturated carbocycles. The summed E-state index contributed by atoms with van der Waals surface area (Å²) in [4.78, 5) is 38.1. The van der Waals surface area contributed by atoms with Gasteiger partial charge < -0.3 is 14.2 Å². The molecular formula is C63H104O6.